The zero-order valence-electron chi connectivity index (χ0n) is 13.1. The number of nitrogens with zero attached hydrogens (tertiary/aromatic N) is 2. The maximum atomic E-state index is 12.1. The maximum absolute atomic E-state index is 12.1. The first-order valence-corrected chi connectivity index (χ1v) is 6.69. The molecule has 0 atom stereocenters. The lowest BCUT2D eigenvalue weighted by atomic mass is 10.2. The standard InChI is InChI=1S/C15H22N2O4.ClH/c1-16(8-7-15(19)20)11-14(18)17(2)10-12-5-4-6-13(9-12)21-3;/h4-6,9H,7-8,10-11H2,1-3H3,(H,19,20);1H. The van der Waals surface area contributed by atoms with E-state index >= 15 is 0 Å². The molecule has 0 unspecified atom stereocenters. The average Bonchev–Trinajstić information content (AvgIpc) is 2.45. The zero-order chi connectivity index (χ0) is 15.8. The van der Waals surface area contributed by atoms with Gasteiger partial charge in [0.25, 0.3) is 0 Å². The van der Waals surface area contributed by atoms with Gasteiger partial charge in [0, 0.05) is 20.1 Å². The van der Waals surface area contributed by atoms with E-state index in [1.165, 1.54) is 0 Å². The summed E-state index contributed by atoms with van der Waals surface area (Å²) in [7, 11) is 5.07. The molecule has 7 heteroatoms. The Kier molecular flexibility index (Phi) is 9.21. The molecule has 1 amide bonds. The van der Waals surface area contributed by atoms with Crippen LogP contribution in [0.1, 0.15) is 12.0 Å². The van der Waals surface area contributed by atoms with Crippen LogP contribution in [0.5, 0.6) is 5.75 Å². The van der Waals surface area contributed by atoms with Gasteiger partial charge in [-0.15, -0.1) is 12.4 Å². The first-order valence-electron chi connectivity index (χ1n) is 6.69. The van der Waals surface area contributed by atoms with Crippen molar-refractivity contribution in [3.05, 3.63) is 29.8 Å². The lowest BCUT2D eigenvalue weighted by Crippen LogP contribution is -2.37. The number of ether oxygens (including phenoxy) is 1. The van der Waals surface area contributed by atoms with Gasteiger partial charge in [0.05, 0.1) is 20.1 Å². The summed E-state index contributed by atoms with van der Waals surface area (Å²) in [5, 5.41) is 8.62. The molecule has 0 aliphatic heterocycles. The molecule has 0 aliphatic rings. The molecule has 1 N–H and O–H groups in total. The summed E-state index contributed by atoms with van der Waals surface area (Å²) in [6.07, 6.45) is 0.0311. The number of amides is 1. The van der Waals surface area contributed by atoms with E-state index in [4.69, 9.17) is 9.84 Å². The topological polar surface area (TPSA) is 70.1 Å². The fourth-order valence-electron chi connectivity index (χ4n) is 1.85. The van der Waals surface area contributed by atoms with Crippen molar-refractivity contribution in [3.63, 3.8) is 0 Å². The van der Waals surface area contributed by atoms with Crippen molar-refractivity contribution in [1.82, 2.24) is 9.80 Å². The molecule has 0 fully saturated rings. The molecule has 0 spiro atoms. The molecule has 1 aromatic carbocycles. The molecule has 0 aromatic heterocycles. The lowest BCUT2D eigenvalue weighted by molar-refractivity contribution is -0.138. The molecule has 0 bridgehead atoms. The lowest BCUT2D eigenvalue weighted by Gasteiger charge is -2.21. The number of aliphatic carboxylic acids is 1. The fraction of sp³-hybridized carbons (Fsp3) is 0.467. The van der Waals surface area contributed by atoms with Crippen molar-refractivity contribution < 1.29 is 19.4 Å². The number of carbonyl (C=O) groups is 2. The molecular formula is C15H23ClN2O4. The number of carboxylic acid groups (broad SMARTS) is 1. The number of methoxy groups -OCH3 is 1. The highest BCUT2D eigenvalue weighted by Gasteiger charge is 2.13. The second-order valence-electron chi connectivity index (χ2n) is 4.98. The van der Waals surface area contributed by atoms with E-state index in [9.17, 15) is 9.59 Å². The predicted molar refractivity (Wildman–Crippen MR) is 86.5 cm³/mol. The number of carboxylic acids is 1. The van der Waals surface area contributed by atoms with Gasteiger partial charge in [-0.25, -0.2) is 0 Å². The number of rotatable bonds is 8. The first-order chi connectivity index (χ1) is 9.92. The molecule has 0 heterocycles. The number of hydrogen-bond acceptors (Lipinski definition) is 4. The molecule has 6 nitrogen and oxygen atoms in total. The fourth-order valence-corrected chi connectivity index (χ4v) is 1.85. The van der Waals surface area contributed by atoms with E-state index in [1.54, 1.807) is 31.0 Å². The Hall–Kier alpha value is -1.79. The van der Waals surface area contributed by atoms with Gasteiger partial charge >= 0.3 is 5.97 Å². The number of carbonyl (C=O) groups excluding carboxylic acids is 1. The van der Waals surface area contributed by atoms with E-state index in [-0.39, 0.29) is 31.3 Å². The summed E-state index contributed by atoms with van der Waals surface area (Å²) in [5.41, 5.74) is 0.985. The number of halogens is 1. The second kappa shape index (κ2) is 10.0. The van der Waals surface area contributed by atoms with E-state index in [0.29, 0.717) is 13.1 Å². The van der Waals surface area contributed by atoms with Gasteiger partial charge < -0.3 is 14.7 Å². The molecule has 0 saturated heterocycles. The highest BCUT2D eigenvalue weighted by molar-refractivity contribution is 5.85. The minimum Gasteiger partial charge on any atom is -0.497 e. The number of likely N-dealkylation sites (N-methyl/N-ethyl adjacent to an activating group) is 2. The minimum atomic E-state index is -0.862. The number of benzene rings is 1. The number of hydrogen-bond donors (Lipinski definition) is 1. The maximum Gasteiger partial charge on any atom is 0.304 e. The third-order valence-corrected chi connectivity index (χ3v) is 3.09. The summed E-state index contributed by atoms with van der Waals surface area (Å²) in [6.45, 7) is 1.05. The third kappa shape index (κ3) is 7.28. The van der Waals surface area contributed by atoms with Crippen LogP contribution in [0.25, 0.3) is 0 Å². The molecular weight excluding hydrogens is 308 g/mol. The van der Waals surface area contributed by atoms with Crippen molar-refractivity contribution in [2.45, 2.75) is 13.0 Å². The Morgan fingerprint density at radius 2 is 1.95 bits per heavy atom. The first kappa shape index (κ1) is 20.2. The highest BCUT2D eigenvalue weighted by Crippen LogP contribution is 2.13. The van der Waals surface area contributed by atoms with Crippen LogP contribution in [-0.2, 0) is 16.1 Å². The van der Waals surface area contributed by atoms with Crippen LogP contribution in [0.3, 0.4) is 0 Å². The Labute approximate surface area is 137 Å². The van der Waals surface area contributed by atoms with Crippen molar-refractivity contribution in [1.29, 1.82) is 0 Å². The van der Waals surface area contributed by atoms with E-state index in [2.05, 4.69) is 0 Å². The van der Waals surface area contributed by atoms with E-state index in [1.807, 2.05) is 24.3 Å². The van der Waals surface area contributed by atoms with Gasteiger partial charge in [0.15, 0.2) is 0 Å². The molecule has 124 valence electrons. The van der Waals surface area contributed by atoms with E-state index in [0.717, 1.165) is 11.3 Å². The SMILES string of the molecule is COc1cccc(CN(C)C(=O)CN(C)CCC(=O)O)c1.Cl. The van der Waals surface area contributed by atoms with Crippen molar-refractivity contribution in [2.75, 3.05) is 34.3 Å². The van der Waals surface area contributed by atoms with Gasteiger partial charge in [-0.3, -0.25) is 14.5 Å². The van der Waals surface area contributed by atoms with Crippen LogP contribution < -0.4 is 4.74 Å². The molecule has 1 rings (SSSR count). The van der Waals surface area contributed by atoms with Gasteiger partial charge in [-0.2, -0.15) is 0 Å². The summed E-state index contributed by atoms with van der Waals surface area (Å²) < 4.78 is 5.15. The summed E-state index contributed by atoms with van der Waals surface area (Å²) >= 11 is 0. The monoisotopic (exact) mass is 330 g/mol. The Morgan fingerprint density at radius 3 is 2.55 bits per heavy atom. The average molecular weight is 331 g/mol. The van der Waals surface area contributed by atoms with Gasteiger partial charge in [-0.05, 0) is 24.7 Å². The normalized spacial score (nSPS) is 10.0. The van der Waals surface area contributed by atoms with Crippen LogP contribution in [0.2, 0.25) is 0 Å². The van der Waals surface area contributed by atoms with Crippen molar-refractivity contribution in [3.8, 4) is 5.75 Å². The Morgan fingerprint density at radius 1 is 1.27 bits per heavy atom. The highest BCUT2D eigenvalue weighted by atomic mass is 35.5. The largest absolute Gasteiger partial charge is 0.497 e. The summed E-state index contributed by atoms with van der Waals surface area (Å²) in [5.74, 6) is -0.156. The summed E-state index contributed by atoms with van der Waals surface area (Å²) in [6, 6.07) is 7.55. The van der Waals surface area contributed by atoms with Crippen LogP contribution in [0, 0.1) is 0 Å². The van der Waals surface area contributed by atoms with Crippen LogP contribution >= 0.6 is 12.4 Å². The van der Waals surface area contributed by atoms with Gasteiger partial charge in [0.1, 0.15) is 5.75 Å². The van der Waals surface area contributed by atoms with Crippen molar-refractivity contribution >= 4 is 24.3 Å². The molecule has 0 radical (unpaired) electrons. The second-order valence-corrected chi connectivity index (χ2v) is 4.98. The van der Waals surface area contributed by atoms with Crippen LogP contribution in [-0.4, -0.2) is 61.1 Å². The van der Waals surface area contributed by atoms with Crippen LogP contribution in [0.4, 0.5) is 0 Å². The minimum absolute atomic E-state index is 0. The molecule has 1 aromatic rings. The predicted octanol–water partition coefficient (Wildman–Crippen LogP) is 1.48. The Balaban J connectivity index is 0.00000441. The van der Waals surface area contributed by atoms with Crippen molar-refractivity contribution in [2.24, 2.45) is 0 Å². The molecule has 0 saturated carbocycles. The Bertz CT molecular complexity index is 496. The van der Waals surface area contributed by atoms with E-state index < -0.39 is 5.97 Å². The third-order valence-electron chi connectivity index (χ3n) is 3.09. The van der Waals surface area contributed by atoms with Gasteiger partial charge in [0.2, 0.25) is 5.91 Å². The quantitative estimate of drug-likeness (QED) is 0.782. The molecule has 22 heavy (non-hydrogen) atoms. The smallest absolute Gasteiger partial charge is 0.304 e. The summed E-state index contributed by atoms with van der Waals surface area (Å²) in [4.78, 5) is 25.9. The van der Waals surface area contributed by atoms with Crippen LogP contribution in [0.15, 0.2) is 24.3 Å². The zero-order valence-corrected chi connectivity index (χ0v) is 13.9. The van der Waals surface area contributed by atoms with Gasteiger partial charge in [-0.1, -0.05) is 12.1 Å². The molecule has 0 aliphatic carbocycles.